The second kappa shape index (κ2) is 12.2. The smallest absolute Gasteiger partial charge is 0.266 e. The van der Waals surface area contributed by atoms with Gasteiger partial charge >= 0.3 is 0 Å². The van der Waals surface area contributed by atoms with Gasteiger partial charge in [-0.15, -0.1) is 0 Å². The van der Waals surface area contributed by atoms with Crippen molar-refractivity contribution in [1.29, 1.82) is 0 Å². The molecule has 1 atom stereocenters. The summed E-state index contributed by atoms with van der Waals surface area (Å²) in [6.45, 7) is 1.04. The summed E-state index contributed by atoms with van der Waals surface area (Å²) >= 11 is 0. The monoisotopic (exact) mass is 489 g/mol. The van der Waals surface area contributed by atoms with E-state index in [-0.39, 0.29) is 19.1 Å². The molecular weight excluding hydrogens is 458 g/mol. The van der Waals surface area contributed by atoms with Gasteiger partial charge in [0.2, 0.25) is 5.90 Å². The number of ether oxygens (including phenoxy) is 3. The number of para-hydroxylation sites is 1. The lowest BCUT2D eigenvalue weighted by Crippen LogP contribution is -2.52. The van der Waals surface area contributed by atoms with E-state index in [1.165, 1.54) is 0 Å². The van der Waals surface area contributed by atoms with Crippen molar-refractivity contribution in [3.05, 3.63) is 95.6 Å². The summed E-state index contributed by atoms with van der Waals surface area (Å²) in [5.41, 5.74) is 7.38. The van der Waals surface area contributed by atoms with Crippen LogP contribution in [0.4, 0.5) is 0 Å². The van der Waals surface area contributed by atoms with Crippen LogP contribution in [0.1, 0.15) is 23.1 Å². The van der Waals surface area contributed by atoms with Crippen LogP contribution in [0.3, 0.4) is 0 Å². The van der Waals surface area contributed by atoms with E-state index in [4.69, 9.17) is 24.3 Å². The molecule has 0 saturated carbocycles. The first-order chi connectivity index (χ1) is 17.6. The summed E-state index contributed by atoms with van der Waals surface area (Å²) in [5, 5.41) is 8.91. The molecule has 188 valence electrons. The average molecular weight is 490 g/mol. The van der Waals surface area contributed by atoms with E-state index >= 15 is 0 Å². The lowest BCUT2D eigenvalue weighted by atomic mass is 9.91. The van der Waals surface area contributed by atoms with Crippen LogP contribution in [0, 0.1) is 0 Å². The predicted molar refractivity (Wildman–Crippen MR) is 137 cm³/mol. The average Bonchev–Trinajstić information content (AvgIpc) is 3.35. The van der Waals surface area contributed by atoms with Crippen LogP contribution in [-0.4, -0.2) is 49.4 Å². The third kappa shape index (κ3) is 6.21. The van der Waals surface area contributed by atoms with E-state index in [1.807, 2.05) is 78.9 Å². The van der Waals surface area contributed by atoms with Gasteiger partial charge < -0.3 is 19.3 Å². The second-order valence-electron chi connectivity index (χ2n) is 8.47. The molecular formula is C28H31N3O5. The number of aliphatic imine (C=N–C) groups is 1. The molecule has 3 aromatic carbocycles. The lowest BCUT2D eigenvalue weighted by molar-refractivity contribution is -0.127. The number of rotatable bonds is 12. The molecule has 1 heterocycles. The van der Waals surface area contributed by atoms with E-state index in [0.29, 0.717) is 37.6 Å². The van der Waals surface area contributed by atoms with E-state index < -0.39 is 5.54 Å². The van der Waals surface area contributed by atoms with Crippen LogP contribution >= 0.6 is 0 Å². The molecule has 0 fully saturated rings. The van der Waals surface area contributed by atoms with Crippen LogP contribution in [-0.2, 0) is 22.5 Å². The summed E-state index contributed by atoms with van der Waals surface area (Å²) in [7, 11) is 1.62. The number of hydrazine groups is 1. The van der Waals surface area contributed by atoms with Crippen molar-refractivity contribution >= 4 is 11.8 Å². The zero-order valence-corrected chi connectivity index (χ0v) is 20.3. The number of methoxy groups -OCH3 is 1. The number of nitrogens with one attached hydrogen (secondary N) is 2. The maximum Gasteiger partial charge on any atom is 0.266 e. The Kier molecular flexibility index (Phi) is 8.54. The summed E-state index contributed by atoms with van der Waals surface area (Å²) in [6, 6.07) is 24.7. The molecule has 36 heavy (non-hydrogen) atoms. The second-order valence-corrected chi connectivity index (χ2v) is 8.47. The molecule has 3 N–H and O–H groups in total. The summed E-state index contributed by atoms with van der Waals surface area (Å²) < 4.78 is 16.9. The Morgan fingerprint density at radius 3 is 2.56 bits per heavy atom. The number of nitrogens with zero attached hydrogens (tertiary/aromatic N) is 1. The largest absolute Gasteiger partial charge is 0.496 e. The van der Waals surface area contributed by atoms with Crippen molar-refractivity contribution in [3.8, 4) is 11.5 Å². The number of carbonyl (C=O) groups is 1. The maximum absolute atomic E-state index is 13.5. The molecule has 0 aliphatic carbocycles. The van der Waals surface area contributed by atoms with Crippen molar-refractivity contribution in [2.24, 2.45) is 4.99 Å². The van der Waals surface area contributed by atoms with E-state index in [2.05, 4.69) is 10.9 Å². The van der Waals surface area contributed by atoms with Crippen LogP contribution in [0.5, 0.6) is 11.5 Å². The molecule has 0 spiro atoms. The van der Waals surface area contributed by atoms with Gasteiger partial charge in [-0.2, -0.15) is 0 Å². The van der Waals surface area contributed by atoms with Crippen molar-refractivity contribution < 1.29 is 24.1 Å². The highest BCUT2D eigenvalue weighted by molar-refractivity contribution is 6.00. The van der Waals surface area contributed by atoms with Gasteiger partial charge in [-0.25, -0.2) is 10.4 Å². The highest BCUT2D eigenvalue weighted by Gasteiger charge is 2.44. The fourth-order valence-corrected chi connectivity index (χ4v) is 3.95. The minimum Gasteiger partial charge on any atom is -0.496 e. The van der Waals surface area contributed by atoms with Gasteiger partial charge in [0, 0.05) is 37.1 Å². The molecule has 0 aromatic heterocycles. The van der Waals surface area contributed by atoms with E-state index in [9.17, 15) is 4.79 Å². The first-order valence-corrected chi connectivity index (χ1v) is 11.9. The normalized spacial score (nSPS) is 16.7. The molecule has 0 saturated heterocycles. The number of hydrogen-bond acceptors (Lipinski definition) is 7. The molecule has 8 nitrogen and oxygen atoms in total. The topological polar surface area (TPSA) is 101 Å². The third-order valence-electron chi connectivity index (χ3n) is 5.87. The van der Waals surface area contributed by atoms with Crippen molar-refractivity contribution in [2.75, 3.05) is 26.9 Å². The van der Waals surface area contributed by atoms with E-state index in [0.717, 1.165) is 22.4 Å². The highest BCUT2D eigenvalue weighted by atomic mass is 16.5. The SMILES string of the molecule is COc1ccccc1CNNC(=O)[C@]1(Cc2ccccc2)COC(c2ccc(OCCCO)cc2)=N1. The van der Waals surface area contributed by atoms with Gasteiger partial charge in [0.15, 0.2) is 5.54 Å². The maximum atomic E-state index is 13.5. The number of hydrogen-bond donors (Lipinski definition) is 3. The molecule has 0 unspecified atom stereocenters. The van der Waals surface area contributed by atoms with Crippen molar-refractivity contribution in [2.45, 2.75) is 24.9 Å². The molecule has 1 aliphatic rings. The van der Waals surface area contributed by atoms with Crippen molar-refractivity contribution in [3.63, 3.8) is 0 Å². The quantitative estimate of drug-likeness (QED) is 0.267. The Balaban J connectivity index is 1.50. The number of carbonyl (C=O) groups excluding carboxylic acids is 1. The van der Waals surface area contributed by atoms with Gasteiger partial charge in [-0.1, -0.05) is 48.5 Å². The molecule has 1 aliphatic heterocycles. The molecule has 8 heteroatoms. The third-order valence-corrected chi connectivity index (χ3v) is 5.87. The van der Waals surface area contributed by atoms with Gasteiger partial charge in [0.1, 0.15) is 18.1 Å². The summed E-state index contributed by atoms with van der Waals surface area (Å²) in [5.74, 6) is 1.57. The fraction of sp³-hybridized carbons (Fsp3) is 0.286. The van der Waals surface area contributed by atoms with Crippen molar-refractivity contribution in [1.82, 2.24) is 10.9 Å². The van der Waals surface area contributed by atoms with Crippen LogP contribution in [0.25, 0.3) is 0 Å². The van der Waals surface area contributed by atoms with Gasteiger partial charge in [0.25, 0.3) is 5.91 Å². The highest BCUT2D eigenvalue weighted by Crippen LogP contribution is 2.27. The molecule has 0 bridgehead atoms. The zero-order valence-electron chi connectivity index (χ0n) is 20.3. The lowest BCUT2D eigenvalue weighted by Gasteiger charge is -2.23. The minimum atomic E-state index is -1.12. The van der Waals surface area contributed by atoms with Crippen LogP contribution in [0.2, 0.25) is 0 Å². The Morgan fingerprint density at radius 2 is 1.81 bits per heavy atom. The fourth-order valence-electron chi connectivity index (χ4n) is 3.95. The molecule has 0 radical (unpaired) electrons. The summed E-state index contributed by atoms with van der Waals surface area (Å²) in [6.07, 6.45) is 0.960. The molecule has 3 aromatic rings. The standard InChI is InChI=1S/C28H31N3O5/c1-34-25-11-6-5-10-23(25)19-29-31-27(33)28(18-21-8-3-2-4-9-21)20-36-26(30-28)22-12-14-24(15-13-22)35-17-7-16-32/h2-6,8-15,29,32H,7,16-20H2,1H3,(H,31,33)/t28-/m0/s1. The summed E-state index contributed by atoms with van der Waals surface area (Å²) in [4.78, 5) is 18.3. The van der Waals surface area contributed by atoms with Gasteiger partial charge in [-0.3, -0.25) is 10.2 Å². The predicted octanol–water partition coefficient (Wildman–Crippen LogP) is 3.04. The first-order valence-electron chi connectivity index (χ1n) is 11.9. The number of aliphatic hydroxyl groups excluding tert-OH is 1. The molecule has 1 amide bonds. The Hall–Kier alpha value is -3.88. The Labute approximate surface area is 210 Å². The van der Waals surface area contributed by atoms with Crippen LogP contribution in [0.15, 0.2) is 83.9 Å². The van der Waals surface area contributed by atoms with Gasteiger partial charge in [-0.05, 0) is 35.9 Å². The Bertz CT molecular complexity index is 1170. The number of aliphatic hydroxyl groups is 1. The Morgan fingerprint density at radius 1 is 1.06 bits per heavy atom. The van der Waals surface area contributed by atoms with E-state index in [1.54, 1.807) is 7.11 Å². The van der Waals surface area contributed by atoms with Crippen LogP contribution < -0.4 is 20.3 Å². The number of benzene rings is 3. The molecule has 4 rings (SSSR count). The first kappa shape index (κ1) is 25.2. The van der Waals surface area contributed by atoms with Gasteiger partial charge in [0.05, 0.1) is 13.7 Å². The zero-order chi connectivity index (χ0) is 25.2. The minimum absolute atomic E-state index is 0.0854. The number of amides is 1.